The summed E-state index contributed by atoms with van der Waals surface area (Å²) in [5.74, 6) is 0.352. The molecule has 0 amide bonds. The van der Waals surface area contributed by atoms with Gasteiger partial charge in [-0.05, 0) is 12.6 Å². The van der Waals surface area contributed by atoms with Crippen molar-refractivity contribution in [1.82, 2.24) is 9.80 Å². The molecular formula is C14H21N3O3. The first-order valence-electron chi connectivity index (χ1n) is 7.01. The van der Waals surface area contributed by atoms with Crippen LogP contribution in [0.4, 0.5) is 5.69 Å². The van der Waals surface area contributed by atoms with Crippen LogP contribution >= 0.6 is 0 Å². The van der Waals surface area contributed by atoms with Crippen molar-refractivity contribution in [3.8, 4) is 5.75 Å². The summed E-state index contributed by atoms with van der Waals surface area (Å²) in [6, 6.07) is 6.51. The molecule has 0 radical (unpaired) electrons. The molecule has 6 nitrogen and oxygen atoms in total. The minimum Gasteiger partial charge on any atom is -0.485 e. The third-order valence-corrected chi connectivity index (χ3v) is 3.64. The zero-order valence-corrected chi connectivity index (χ0v) is 11.8. The molecule has 1 heterocycles. The molecule has 0 aliphatic carbocycles. The Morgan fingerprint density at radius 1 is 1.20 bits per heavy atom. The normalized spacial score (nSPS) is 17.1. The number of benzene rings is 1. The fraction of sp³-hybridized carbons (Fsp3) is 0.571. The SMILES string of the molecule is CCN1CCN(CCOc2ccccc2[N+](=O)[O-])CC1. The highest BCUT2D eigenvalue weighted by Crippen LogP contribution is 2.25. The first-order valence-corrected chi connectivity index (χ1v) is 7.01. The Bertz CT molecular complexity index is 445. The van der Waals surface area contributed by atoms with E-state index in [1.165, 1.54) is 6.07 Å². The lowest BCUT2D eigenvalue weighted by atomic mass is 10.3. The standard InChI is InChI=1S/C14H21N3O3/c1-2-15-7-9-16(10-8-15)11-12-20-14-6-4-3-5-13(14)17(18)19/h3-6H,2,7-12H2,1H3. The highest BCUT2D eigenvalue weighted by Gasteiger charge is 2.16. The van der Waals surface area contributed by atoms with E-state index in [4.69, 9.17) is 4.74 Å². The summed E-state index contributed by atoms with van der Waals surface area (Å²) in [5.41, 5.74) is 0.0308. The predicted molar refractivity (Wildman–Crippen MR) is 77.1 cm³/mol. The number of hydrogen-bond donors (Lipinski definition) is 0. The Morgan fingerprint density at radius 3 is 2.50 bits per heavy atom. The summed E-state index contributed by atoms with van der Waals surface area (Å²) in [4.78, 5) is 15.2. The van der Waals surface area contributed by atoms with Crippen molar-refractivity contribution in [1.29, 1.82) is 0 Å². The fourth-order valence-electron chi connectivity index (χ4n) is 2.34. The van der Waals surface area contributed by atoms with Crippen LogP contribution in [0, 0.1) is 10.1 Å². The molecule has 1 aliphatic rings. The maximum absolute atomic E-state index is 10.9. The van der Waals surface area contributed by atoms with Gasteiger partial charge >= 0.3 is 5.69 Å². The highest BCUT2D eigenvalue weighted by atomic mass is 16.6. The quantitative estimate of drug-likeness (QED) is 0.585. The molecule has 0 atom stereocenters. The average Bonchev–Trinajstić information content (AvgIpc) is 2.48. The number of para-hydroxylation sites is 2. The van der Waals surface area contributed by atoms with E-state index < -0.39 is 4.92 Å². The lowest BCUT2D eigenvalue weighted by Crippen LogP contribution is -2.47. The van der Waals surface area contributed by atoms with Crippen molar-refractivity contribution in [2.75, 3.05) is 45.9 Å². The first-order chi connectivity index (χ1) is 9.70. The van der Waals surface area contributed by atoms with E-state index in [0.29, 0.717) is 12.4 Å². The second-order valence-corrected chi connectivity index (χ2v) is 4.85. The van der Waals surface area contributed by atoms with E-state index >= 15 is 0 Å². The Labute approximate surface area is 119 Å². The van der Waals surface area contributed by atoms with Gasteiger partial charge in [-0.25, -0.2) is 0 Å². The molecule has 0 spiro atoms. The largest absolute Gasteiger partial charge is 0.485 e. The van der Waals surface area contributed by atoms with E-state index in [-0.39, 0.29) is 5.69 Å². The molecule has 0 aromatic heterocycles. The molecule has 110 valence electrons. The van der Waals surface area contributed by atoms with Gasteiger partial charge in [0.05, 0.1) is 4.92 Å². The van der Waals surface area contributed by atoms with Crippen LogP contribution in [0.3, 0.4) is 0 Å². The van der Waals surface area contributed by atoms with Gasteiger partial charge < -0.3 is 9.64 Å². The minimum absolute atomic E-state index is 0.0308. The Balaban J connectivity index is 1.78. The number of hydrogen-bond acceptors (Lipinski definition) is 5. The zero-order valence-electron chi connectivity index (χ0n) is 11.8. The zero-order chi connectivity index (χ0) is 14.4. The second-order valence-electron chi connectivity index (χ2n) is 4.85. The second kappa shape index (κ2) is 7.21. The highest BCUT2D eigenvalue weighted by molar-refractivity contribution is 5.45. The van der Waals surface area contributed by atoms with Gasteiger partial charge in [0.25, 0.3) is 0 Å². The Hall–Kier alpha value is -1.66. The smallest absolute Gasteiger partial charge is 0.310 e. The van der Waals surface area contributed by atoms with Crippen LogP contribution in [-0.4, -0.2) is 60.6 Å². The van der Waals surface area contributed by atoms with E-state index in [0.717, 1.165) is 39.3 Å². The first kappa shape index (κ1) is 14.7. The average molecular weight is 279 g/mol. The fourth-order valence-corrected chi connectivity index (χ4v) is 2.34. The number of piperazine rings is 1. The topological polar surface area (TPSA) is 58.8 Å². The van der Waals surface area contributed by atoms with Gasteiger partial charge in [-0.3, -0.25) is 15.0 Å². The van der Waals surface area contributed by atoms with Gasteiger partial charge in [0.1, 0.15) is 6.61 Å². The van der Waals surface area contributed by atoms with Crippen LogP contribution in [0.25, 0.3) is 0 Å². The molecule has 2 rings (SSSR count). The molecule has 0 N–H and O–H groups in total. The number of rotatable bonds is 6. The number of likely N-dealkylation sites (N-methyl/N-ethyl adjacent to an activating group) is 1. The van der Waals surface area contributed by atoms with Crippen molar-refractivity contribution in [2.24, 2.45) is 0 Å². The molecule has 1 saturated heterocycles. The lowest BCUT2D eigenvalue weighted by molar-refractivity contribution is -0.385. The molecule has 0 unspecified atom stereocenters. The number of ether oxygens (including phenoxy) is 1. The Kier molecular flexibility index (Phi) is 5.31. The molecular weight excluding hydrogens is 258 g/mol. The monoisotopic (exact) mass is 279 g/mol. The molecule has 1 aromatic rings. The van der Waals surface area contributed by atoms with Crippen molar-refractivity contribution < 1.29 is 9.66 Å². The van der Waals surface area contributed by atoms with Crippen LogP contribution < -0.4 is 4.74 Å². The summed E-state index contributed by atoms with van der Waals surface area (Å²) in [6.45, 7) is 8.81. The van der Waals surface area contributed by atoms with E-state index in [1.54, 1.807) is 18.2 Å². The van der Waals surface area contributed by atoms with Crippen LogP contribution in [0.1, 0.15) is 6.92 Å². The van der Waals surface area contributed by atoms with Crippen LogP contribution in [0.5, 0.6) is 5.75 Å². The summed E-state index contributed by atoms with van der Waals surface area (Å²) in [5, 5.41) is 10.9. The molecule has 20 heavy (non-hydrogen) atoms. The molecule has 0 bridgehead atoms. The van der Waals surface area contributed by atoms with E-state index in [2.05, 4.69) is 16.7 Å². The van der Waals surface area contributed by atoms with Crippen molar-refractivity contribution in [2.45, 2.75) is 6.92 Å². The van der Waals surface area contributed by atoms with Crippen molar-refractivity contribution >= 4 is 5.69 Å². The van der Waals surface area contributed by atoms with Crippen molar-refractivity contribution in [3.63, 3.8) is 0 Å². The summed E-state index contributed by atoms with van der Waals surface area (Å²) in [6.07, 6.45) is 0. The molecule has 1 aromatic carbocycles. The molecule has 1 aliphatic heterocycles. The van der Waals surface area contributed by atoms with Crippen LogP contribution in [0.2, 0.25) is 0 Å². The van der Waals surface area contributed by atoms with Gasteiger partial charge in [0.2, 0.25) is 0 Å². The molecule has 0 saturated carbocycles. The van der Waals surface area contributed by atoms with E-state index in [1.807, 2.05) is 0 Å². The number of nitro groups is 1. The van der Waals surface area contributed by atoms with Crippen LogP contribution in [-0.2, 0) is 0 Å². The Morgan fingerprint density at radius 2 is 1.85 bits per heavy atom. The lowest BCUT2D eigenvalue weighted by Gasteiger charge is -2.33. The third kappa shape index (κ3) is 3.91. The third-order valence-electron chi connectivity index (χ3n) is 3.64. The van der Waals surface area contributed by atoms with Crippen molar-refractivity contribution in [3.05, 3.63) is 34.4 Å². The predicted octanol–water partition coefficient (Wildman–Crippen LogP) is 1.61. The van der Waals surface area contributed by atoms with Gasteiger partial charge in [-0.1, -0.05) is 19.1 Å². The van der Waals surface area contributed by atoms with Gasteiger partial charge in [0, 0.05) is 38.8 Å². The summed E-state index contributed by atoms with van der Waals surface area (Å²) >= 11 is 0. The maximum Gasteiger partial charge on any atom is 0.310 e. The maximum atomic E-state index is 10.9. The molecule has 6 heteroatoms. The van der Waals surface area contributed by atoms with Crippen LogP contribution in [0.15, 0.2) is 24.3 Å². The number of nitro benzene ring substituents is 1. The number of nitrogens with zero attached hydrogens (tertiary/aromatic N) is 3. The van der Waals surface area contributed by atoms with E-state index in [9.17, 15) is 10.1 Å². The summed E-state index contributed by atoms with van der Waals surface area (Å²) in [7, 11) is 0. The minimum atomic E-state index is -0.407. The molecule has 1 fully saturated rings. The van der Waals surface area contributed by atoms with Gasteiger partial charge in [-0.15, -0.1) is 0 Å². The van der Waals surface area contributed by atoms with Gasteiger partial charge in [0.15, 0.2) is 5.75 Å². The summed E-state index contributed by atoms with van der Waals surface area (Å²) < 4.78 is 5.56. The van der Waals surface area contributed by atoms with Gasteiger partial charge in [-0.2, -0.15) is 0 Å².